The fraction of sp³-hybridized carbons (Fsp3) is 0.647. The zero-order valence-electron chi connectivity index (χ0n) is 13.7. The fourth-order valence-electron chi connectivity index (χ4n) is 3.03. The number of β-amino-alcohol motifs (C(OH)–C–C–N with tert-alkyl or cyclic N) is 1. The third kappa shape index (κ3) is 4.43. The lowest BCUT2D eigenvalue weighted by Gasteiger charge is -2.39. The summed E-state index contributed by atoms with van der Waals surface area (Å²) in [5, 5.41) is 9.05. The molecule has 22 heavy (non-hydrogen) atoms. The smallest absolute Gasteiger partial charge is 0.124 e. The first-order chi connectivity index (χ1) is 10.7. The lowest BCUT2D eigenvalue weighted by atomic mass is 10.0. The van der Waals surface area contributed by atoms with Crippen LogP contribution in [0.3, 0.4) is 0 Å². The molecule has 5 nitrogen and oxygen atoms in total. The number of nitrogens with two attached hydrogens (primary N) is 1. The fourth-order valence-corrected chi connectivity index (χ4v) is 3.03. The largest absolute Gasteiger partial charge is 0.491 e. The molecular formula is C17H29N3O2. The Bertz CT molecular complexity index is 445. The highest BCUT2D eigenvalue weighted by Crippen LogP contribution is 2.30. The zero-order valence-corrected chi connectivity index (χ0v) is 13.7. The van der Waals surface area contributed by atoms with Crippen LogP contribution >= 0.6 is 0 Å². The van der Waals surface area contributed by atoms with Crippen molar-refractivity contribution in [3.8, 4) is 5.75 Å². The van der Waals surface area contributed by atoms with Crippen molar-refractivity contribution in [1.29, 1.82) is 0 Å². The van der Waals surface area contributed by atoms with Crippen LogP contribution in [-0.4, -0.2) is 66.9 Å². The van der Waals surface area contributed by atoms with Gasteiger partial charge in [0, 0.05) is 44.8 Å². The third-order valence-electron chi connectivity index (χ3n) is 4.13. The number of aliphatic hydroxyl groups excluding tert-OH is 1. The summed E-state index contributed by atoms with van der Waals surface area (Å²) in [6.07, 6.45) is 0.154. The van der Waals surface area contributed by atoms with Crippen LogP contribution in [0, 0.1) is 0 Å². The van der Waals surface area contributed by atoms with Gasteiger partial charge in [-0.15, -0.1) is 0 Å². The molecule has 1 aromatic rings. The van der Waals surface area contributed by atoms with Crippen molar-refractivity contribution in [2.45, 2.75) is 26.0 Å². The lowest BCUT2D eigenvalue weighted by Crippen LogP contribution is -2.49. The van der Waals surface area contributed by atoms with Crippen LogP contribution in [0.15, 0.2) is 24.3 Å². The van der Waals surface area contributed by atoms with Crippen molar-refractivity contribution >= 4 is 0 Å². The Morgan fingerprint density at radius 3 is 2.45 bits per heavy atom. The van der Waals surface area contributed by atoms with Crippen molar-refractivity contribution < 1.29 is 9.84 Å². The maximum absolute atomic E-state index is 9.05. The van der Waals surface area contributed by atoms with E-state index in [4.69, 9.17) is 15.6 Å². The van der Waals surface area contributed by atoms with Crippen LogP contribution in [0.5, 0.6) is 5.75 Å². The highest BCUT2D eigenvalue weighted by atomic mass is 16.5. The molecule has 5 heteroatoms. The Labute approximate surface area is 133 Å². The normalized spacial score (nSPS) is 18.6. The number of piperazine rings is 1. The maximum atomic E-state index is 9.05. The molecule has 0 bridgehead atoms. The van der Waals surface area contributed by atoms with Gasteiger partial charge in [0.1, 0.15) is 5.75 Å². The molecule has 0 aromatic heterocycles. The molecular weight excluding hydrogens is 278 g/mol. The van der Waals surface area contributed by atoms with Gasteiger partial charge >= 0.3 is 0 Å². The molecule has 0 spiro atoms. The number of rotatable bonds is 7. The van der Waals surface area contributed by atoms with E-state index in [-0.39, 0.29) is 18.8 Å². The van der Waals surface area contributed by atoms with Crippen LogP contribution in [0.1, 0.15) is 25.5 Å². The Balaban J connectivity index is 2.09. The van der Waals surface area contributed by atoms with E-state index in [0.717, 1.165) is 38.5 Å². The summed E-state index contributed by atoms with van der Waals surface area (Å²) in [4.78, 5) is 4.72. The Kier molecular flexibility index (Phi) is 6.64. The molecule has 1 aromatic carbocycles. The van der Waals surface area contributed by atoms with Gasteiger partial charge in [-0.3, -0.25) is 9.80 Å². The Morgan fingerprint density at radius 1 is 1.18 bits per heavy atom. The summed E-state index contributed by atoms with van der Waals surface area (Å²) in [6, 6.07) is 8.39. The van der Waals surface area contributed by atoms with E-state index in [1.165, 1.54) is 5.56 Å². The molecule has 1 aliphatic rings. The molecule has 1 saturated heterocycles. The van der Waals surface area contributed by atoms with E-state index in [1.54, 1.807) is 0 Å². The summed E-state index contributed by atoms with van der Waals surface area (Å²) < 4.78 is 5.95. The predicted molar refractivity (Wildman–Crippen MR) is 89.1 cm³/mol. The van der Waals surface area contributed by atoms with E-state index in [0.29, 0.717) is 6.54 Å². The summed E-state index contributed by atoms with van der Waals surface area (Å²) >= 11 is 0. The SMILES string of the molecule is CC(C)Oc1ccccc1C(CN)N1CCN(CCO)CC1. The molecule has 2 rings (SSSR count). The summed E-state index contributed by atoms with van der Waals surface area (Å²) in [5.41, 5.74) is 7.25. The second kappa shape index (κ2) is 8.48. The lowest BCUT2D eigenvalue weighted by molar-refractivity contribution is 0.0841. The number of aliphatic hydroxyl groups is 1. The topological polar surface area (TPSA) is 62.0 Å². The van der Waals surface area contributed by atoms with E-state index < -0.39 is 0 Å². The molecule has 1 atom stereocenters. The molecule has 3 N–H and O–H groups in total. The van der Waals surface area contributed by atoms with Crippen LogP contribution in [0.25, 0.3) is 0 Å². The average Bonchev–Trinajstić information content (AvgIpc) is 2.51. The number of ether oxygens (including phenoxy) is 1. The van der Waals surface area contributed by atoms with Crippen molar-refractivity contribution in [1.82, 2.24) is 9.80 Å². The minimum atomic E-state index is 0.154. The molecule has 1 unspecified atom stereocenters. The quantitative estimate of drug-likeness (QED) is 0.789. The predicted octanol–water partition coefficient (Wildman–Crippen LogP) is 1.08. The van der Waals surface area contributed by atoms with Gasteiger partial charge in [-0.05, 0) is 19.9 Å². The summed E-state index contributed by atoms with van der Waals surface area (Å²) in [7, 11) is 0. The summed E-state index contributed by atoms with van der Waals surface area (Å²) in [5.74, 6) is 0.936. The van der Waals surface area contributed by atoms with Crippen molar-refractivity contribution in [2.24, 2.45) is 5.73 Å². The van der Waals surface area contributed by atoms with Gasteiger partial charge in [0.25, 0.3) is 0 Å². The van der Waals surface area contributed by atoms with Gasteiger partial charge in [-0.1, -0.05) is 18.2 Å². The minimum Gasteiger partial charge on any atom is -0.491 e. The highest BCUT2D eigenvalue weighted by molar-refractivity contribution is 5.36. The van der Waals surface area contributed by atoms with Crippen molar-refractivity contribution in [2.75, 3.05) is 45.9 Å². The number of nitrogens with zero attached hydrogens (tertiary/aromatic N) is 2. The molecule has 1 aliphatic heterocycles. The van der Waals surface area contributed by atoms with Crippen LogP contribution in [-0.2, 0) is 0 Å². The first-order valence-electron chi connectivity index (χ1n) is 8.18. The van der Waals surface area contributed by atoms with Crippen LogP contribution in [0.4, 0.5) is 0 Å². The van der Waals surface area contributed by atoms with Crippen molar-refractivity contribution in [3.63, 3.8) is 0 Å². The van der Waals surface area contributed by atoms with Crippen molar-refractivity contribution in [3.05, 3.63) is 29.8 Å². The van der Waals surface area contributed by atoms with Gasteiger partial charge in [-0.25, -0.2) is 0 Å². The van der Waals surface area contributed by atoms with Gasteiger partial charge in [0.2, 0.25) is 0 Å². The second-order valence-electron chi connectivity index (χ2n) is 6.06. The first-order valence-corrected chi connectivity index (χ1v) is 8.18. The maximum Gasteiger partial charge on any atom is 0.124 e. The van der Waals surface area contributed by atoms with Crippen LogP contribution in [0.2, 0.25) is 0 Å². The molecule has 124 valence electrons. The zero-order chi connectivity index (χ0) is 15.9. The second-order valence-corrected chi connectivity index (χ2v) is 6.06. The average molecular weight is 307 g/mol. The third-order valence-corrected chi connectivity index (χ3v) is 4.13. The highest BCUT2D eigenvalue weighted by Gasteiger charge is 2.26. The van der Waals surface area contributed by atoms with Gasteiger partial charge in [-0.2, -0.15) is 0 Å². The molecule has 1 fully saturated rings. The van der Waals surface area contributed by atoms with E-state index >= 15 is 0 Å². The monoisotopic (exact) mass is 307 g/mol. The molecule has 0 saturated carbocycles. The van der Waals surface area contributed by atoms with E-state index in [2.05, 4.69) is 15.9 Å². The number of para-hydroxylation sites is 1. The Morgan fingerprint density at radius 2 is 1.86 bits per heavy atom. The van der Waals surface area contributed by atoms with Crippen LogP contribution < -0.4 is 10.5 Å². The van der Waals surface area contributed by atoms with Gasteiger partial charge in [0.15, 0.2) is 0 Å². The number of hydrogen-bond acceptors (Lipinski definition) is 5. The summed E-state index contributed by atoms with van der Waals surface area (Å²) in [6.45, 7) is 9.55. The number of hydrogen-bond donors (Lipinski definition) is 2. The van der Waals surface area contributed by atoms with Gasteiger partial charge < -0.3 is 15.6 Å². The minimum absolute atomic E-state index is 0.154. The number of benzene rings is 1. The standard InChI is InChI=1S/C17H29N3O2/c1-14(2)22-17-6-4-3-5-15(17)16(13-18)20-9-7-19(8-10-20)11-12-21/h3-6,14,16,21H,7-13,18H2,1-2H3. The molecule has 0 radical (unpaired) electrons. The molecule has 1 heterocycles. The Hall–Kier alpha value is -1.14. The van der Waals surface area contributed by atoms with E-state index in [9.17, 15) is 0 Å². The first kappa shape index (κ1) is 17.2. The van der Waals surface area contributed by atoms with Gasteiger partial charge in [0.05, 0.1) is 18.8 Å². The molecule has 0 aliphatic carbocycles. The van der Waals surface area contributed by atoms with E-state index in [1.807, 2.05) is 32.0 Å². The molecule has 0 amide bonds.